The van der Waals surface area contributed by atoms with Crippen LogP contribution in [-0.2, 0) is 16.0 Å². The number of nitrogens with one attached hydrogen (secondary N) is 1. The van der Waals surface area contributed by atoms with E-state index in [0.29, 0.717) is 6.61 Å². The lowest BCUT2D eigenvalue weighted by Gasteiger charge is -2.02. The molecule has 3 aromatic rings. The summed E-state index contributed by atoms with van der Waals surface area (Å²) in [6.45, 7) is 2.13. The number of nitrogens with zero attached hydrogens (tertiary/aromatic N) is 1. The predicted octanol–water partition coefficient (Wildman–Crippen LogP) is 3.33. The summed E-state index contributed by atoms with van der Waals surface area (Å²) in [4.78, 5) is 25.2. The molecule has 0 unspecified atom stereocenters. The minimum Gasteiger partial charge on any atom is -0.466 e. The molecule has 0 atom stereocenters. The quantitative estimate of drug-likeness (QED) is 0.455. The van der Waals surface area contributed by atoms with Gasteiger partial charge in [-0.1, -0.05) is 12.1 Å². The van der Waals surface area contributed by atoms with Crippen molar-refractivity contribution < 1.29 is 14.5 Å². The van der Waals surface area contributed by atoms with Gasteiger partial charge in [-0.15, -0.1) is 0 Å². The average Bonchev–Trinajstić information content (AvgIpc) is 2.84. The second-order valence-electron chi connectivity index (χ2n) is 4.97. The first-order valence-electron chi connectivity index (χ1n) is 6.93. The van der Waals surface area contributed by atoms with Gasteiger partial charge in [0, 0.05) is 33.9 Å². The Balaban J connectivity index is 2.04. The Bertz CT molecular complexity index is 882. The van der Waals surface area contributed by atoms with Gasteiger partial charge < -0.3 is 9.72 Å². The first-order chi connectivity index (χ1) is 10.6. The number of hydrogen-bond acceptors (Lipinski definition) is 4. The maximum atomic E-state index is 11.5. The van der Waals surface area contributed by atoms with Crippen LogP contribution in [0.4, 0.5) is 5.69 Å². The zero-order valence-corrected chi connectivity index (χ0v) is 12.0. The molecular weight excluding hydrogens is 284 g/mol. The summed E-state index contributed by atoms with van der Waals surface area (Å²) < 4.78 is 4.93. The first-order valence-corrected chi connectivity index (χ1v) is 6.93. The molecule has 0 saturated heterocycles. The average molecular weight is 298 g/mol. The molecule has 1 heterocycles. The van der Waals surface area contributed by atoms with Crippen LogP contribution in [0, 0.1) is 10.1 Å². The Morgan fingerprint density at radius 3 is 2.73 bits per heavy atom. The molecule has 2 aromatic carbocycles. The molecule has 0 aliphatic heterocycles. The molecule has 0 bridgehead atoms. The van der Waals surface area contributed by atoms with Gasteiger partial charge >= 0.3 is 5.97 Å². The number of hydrogen-bond donors (Lipinski definition) is 1. The zero-order chi connectivity index (χ0) is 15.7. The maximum Gasteiger partial charge on any atom is 0.310 e. The predicted molar refractivity (Wildman–Crippen MR) is 82.8 cm³/mol. The van der Waals surface area contributed by atoms with E-state index in [9.17, 15) is 14.9 Å². The van der Waals surface area contributed by atoms with E-state index in [1.807, 2.05) is 18.2 Å². The number of ether oxygens (including phenoxy) is 1. The van der Waals surface area contributed by atoms with Crippen LogP contribution >= 0.6 is 0 Å². The third-order valence-electron chi connectivity index (χ3n) is 3.51. The number of H-pyrrole nitrogens is 1. The zero-order valence-electron chi connectivity index (χ0n) is 12.0. The van der Waals surface area contributed by atoms with E-state index < -0.39 is 4.92 Å². The fourth-order valence-electron chi connectivity index (χ4n) is 2.54. The van der Waals surface area contributed by atoms with Crippen molar-refractivity contribution in [2.45, 2.75) is 13.3 Å². The van der Waals surface area contributed by atoms with Crippen molar-refractivity contribution in [3.8, 4) is 0 Å². The molecule has 22 heavy (non-hydrogen) atoms. The van der Waals surface area contributed by atoms with Gasteiger partial charge in [0.2, 0.25) is 0 Å². The molecule has 0 amide bonds. The molecule has 0 aliphatic rings. The number of non-ortho nitro benzene ring substituents is 1. The molecular formula is C16H14N2O4. The number of carbonyl (C=O) groups is 1. The van der Waals surface area contributed by atoms with Gasteiger partial charge in [-0.2, -0.15) is 0 Å². The Morgan fingerprint density at radius 1 is 1.18 bits per heavy atom. The van der Waals surface area contributed by atoms with Crippen molar-refractivity contribution in [3.63, 3.8) is 0 Å². The minimum atomic E-state index is -0.409. The summed E-state index contributed by atoms with van der Waals surface area (Å²) in [5.74, 6) is -0.270. The van der Waals surface area contributed by atoms with Gasteiger partial charge in [0.05, 0.1) is 18.0 Å². The highest BCUT2D eigenvalue weighted by molar-refractivity contribution is 6.08. The number of rotatable bonds is 4. The van der Waals surface area contributed by atoms with Crippen molar-refractivity contribution in [3.05, 3.63) is 52.1 Å². The summed E-state index contributed by atoms with van der Waals surface area (Å²) in [6.07, 6.45) is 0.208. The second-order valence-corrected chi connectivity index (χ2v) is 4.97. The van der Waals surface area contributed by atoms with Crippen LogP contribution in [0.2, 0.25) is 0 Å². The Hall–Kier alpha value is -2.89. The van der Waals surface area contributed by atoms with Gasteiger partial charge in [-0.3, -0.25) is 14.9 Å². The summed E-state index contributed by atoms with van der Waals surface area (Å²) >= 11 is 0. The van der Waals surface area contributed by atoms with E-state index in [1.54, 1.807) is 19.1 Å². The molecule has 3 rings (SSSR count). The fraction of sp³-hybridized carbons (Fsp3) is 0.188. The van der Waals surface area contributed by atoms with E-state index in [1.165, 1.54) is 6.07 Å². The lowest BCUT2D eigenvalue weighted by Crippen LogP contribution is -2.07. The van der Waals surface area contributed by atoms with Crippen molar-refractivity contribution in [1.82, 2.24) is 4.98 Å². The van der Waals surface area contributed by atoms with E-state index in [2.05, 4.69) is 4.98 Å². The van der Waals surface area contributed by atoms with Gasteiger partial charge in [0.1, 0.15) is 0 Å². The molecule has 1 N–H and O–H groups in total. The Morgan fingerprint density at radius 2 is 2.00 bits per heavy atom. The number of aromatic amines is 1. The number of nitro groups is 1. The number of esters is 1. The molecule has 6 nitrogen and oxygen atoms in total. The SMILES string of the molecule is CCOC(=O)Cc1ccc2c(c1)[nH]c1ccc([N+](=O)[O-])cc12. The summed E-state index contributed by atoms with van der Waals surface area (Å²) in [5, 5.41) is 12.6. The number of carbonyl (C=O) groups excluding carboxylic acids is 1. The highest BCUT2D eigenvalue weighted by Gasteiger charge is 2.12. The molecule has 112 valence electrons. The molecule has 0 fully saturated rings. The van der Waals surface area contributed by atoms with Crippen LogP contribution in [0.25, 0.3) is 21.8 Å². The Kier molecular flexibility index (Phi) is 3.50. The van der Waals surface area contributed by atoms with E-state index in [-0.39, 0.29) is 18.1 Å². The normalized spacial score (nSPS) is 11.0. The first kappa shape index (κ1) is 14.1. The number of benzene rings is 2. The number of nitro benzene ring substituents is 1. The third-order valence-corrected chi connectivity index (χ3v) is 3.51. The van der Waals surface area contributed by atoms with Crippen LogP contribution in [0.5, 0.6) is 0 Å². The third kappa shape index (κ3) is 2.50. The van der Waals surface area contributed by atoms with E-state index in [4.69, 9.17) is 4.74 Å². The monoisotopic (exact) mass is 298 g/mol. The fourth-order valence-corrected chi connectivity index (χ4v) is 2.54. The molecule has 0 radical (unpaired) electrons. The van der Waals surface area contributed by atoms with Gasteiger partial charge in [-0.25, -0.2) is 0 Å². The smallest absolute Gasteiger partial charge is 0.310 e. The van der Waals surface area contributed by atoms with E-state index in [0.717, 1.165) is 27.4 Å². The highest BCUT2D eigenvalue weighted by Crippen LogP contribution is 2.29. The molecule has 0 spiro atoms. The van der Waals surface area contributed by atoms with Crippen LogP contribution < -0.4 is 0 Å². The second kappa shape index (κ2) is 5.48. The van der Waals surface area contributed by atoms with Gasteiger partial charge in [-0.05, 0) is 24.6 Å². The summed E-state index contributed by atoms with van der Waals surface area (Å²) in [7, 11) is 0. The Labute approximate surface area is 125 Å². The van der Waals surface area contributed by atoms with Gasteiger partial charge in [0.25, 0.3) is 5.69 Å². The highest BCUT2D eigenvalue weighted by atomic mass is 16.6. The van der Waals surface area contributed by atoms with E-state index >= 15 is 0 Å². The topological polar surface area (TPSA) is 85.2 Å². The largest absolute Gasteiger partial charge is 0.466 e. The standard InChI is InChI=1S/C16H14N2O4/c1-2-22-16(19)8-10-3-5-12-13-9-11(18(20)21)4-6-14(13)17-15(12)7-10/h3-7,9,17H,2,8H2,1H3. The molecule has 0 saturated carbocycles. The molecule has 1 aromatic heterocycles. The van der Waals surface area contributed by atoms with Crippen LogP contribution in [0.15, 0.2) is 36.4 Å². The van der Waals surface area contributed by atoms with Crippen molar-refractivity contribution >= 4 is 33.5 Å². The molecule has 6 heteroatoms. The van der Waals surface area contributed by atoms with Crippen LogP contribution in [-0.4, -0.2) is 22.5 Å². The van der Waals surface area contributed by atoms with Crippen molar-refractivity contribution in [2.24, 2.45) is 0 Å². The number of fused-ring (bicyclic) bond motifs is 3. The molecule has 0 aliphatic carbocycles. The van der Waals surface area contributed by atoms with Crippen LogP contribution in [0.3, 0.4) is 0 Å². The van der Waals surface area contributed by atoms with Crippen molar-refractivity contribution in [2.75, 3.05) is 6.61 Å². The van der Waals surface area contributed by atoms with Gasteiger partial charge in [0.15, 0.2) is 0 Å². The summed E-state index contributed by atoms with van der Waals surface area (Å²) in [5.41, 5.74) is 2.57. The lowest BCUT2D eigenvalue weighted by molar-refractivity contribution is -0.384. The summed E-state index contributed by atoms with van der Waals surface area (Å²) in [6, 6.07) is 10.3. The van der Waals surface area contributed by atoms with Crippen LogP contribution in [0.1, 0.15) is 12.5 Å². The lowest BCUT2D eigenvalue weighted by atomic mass is 10.1. The number of aromatic nitrogens is 1. The minimum absolute atomic E-state index is 0.0593. The maximum absolute atomic E-state index is 11.5. The van der Waals surface area contributed by atoms with Crippen molar-refractivity contribution in [1.29, 1.82) is 0 Å².